The zero-order valence-electron chi connectivity index (χ0n) is 18.4. The molecule has 0 fully saturated rings. The predicted octanol–water partition coefficient (Wildman–Crippen LogP) is 5.84. The number of nitrogens with one attached hydrogen (secondary N) is 3. The lowest BCUT2D eigenvalue weighted by molar-refractivity contribution is 0.415. The maximum atomic E-state index is 12.6. The molecule has 174 valence electrons. The van der Waals surface area contributed by atoms with Crippen LogP contribution in [0.3, 0.4) is 0 Å². The van der Waals surface area contributed by atoms with E-state index in [-0.39, 0.29) is 4.90 Å². The lowest BCUT2D eigenvalue weighted by Crippen LogP contribution is -2.12. The number of methoxy groups -OCH3 is 1. The van der Waals surface area contributed by atoms with E-state index in [9.17, 15) is 8.42 Å². The average molecular weight is 540 g/mol. The van der Waals surface area contributed by atoms with E-state index < -0.39 is 10.0 Å². The zero-order valence-corrected chi connectivity index (χ0v) is 20.8. The van der Waals surface area contributed by atoms with Gasteiger partial charge in [-0.2, -0.15) is 4.98 Å². The Hall–Kier alpha value is -3.63. The SMILES string of the molecule is COc1ccc(Nc2cc(C)nc(Nc3ccc(NS(=O)(=O)c4ccc(Br)cc4)cc3)n2)cc1. The van der Waals surface area contributed by atoms with Gasteiger partial charge in [-0.25, -0.2) is 13.4 Å². The van der Waals surface area contributed by atoms with Crippen LogP contribution in [0.25, 0.3) is 0 Å². The molecule has 0 bridgehead atoms. The molecule has 0 radical (unpaired) electrons. The second-order valence-corrected chi connectivity index (χ2v) is 9.93. The van der Waals surface area contributed by atoms with Gasteiger partial charge >= 0.3 is 0 Å². The topological polar surface area (TPSA) is 105 Å². The number of anilines is 5. The number of rotatable bonds is 8. The van der Waals surface area contributed by atoms with E-state index in [0.717, 1.165) is 21.6 Å². The van der Waals surface area contributed by atoms with E-state index in [1.54, 1.807) is 43.5 Å². The van der Waals surface area contributed by atoms with E-state index in [0.29, 0.717) is 23.1 Å². The molecular weight excluding hydrogens is 518 g/mol. The predicted molar refractivity (Wildman–Crippen MR) is 138 cm³/mol. The third kappa shape index (κ3) is 6.03. The molecule has 0 saturated carbocycles. The fourth-order valence-electron chi connectivity index (χ4n) is 3.09. The molecule has 0 aliphatic rings. The summed E-state index contributed by atoms with van der Waals surface area (Å²) in [6, 6.07) is 22.7. The quantitative estimate of drug-likeness (QED) is 0.258. The highest BCUT2D eigenvalue weighted by atomic mass is 79.9. The maximum Gasteiger partial charge on any atom is 0.261 e. The lowest BCUT2D eigenvalue weighted by Gasteiger charge is -2.12. The molecule has 4 aromatic rings. The first kappa shape index (κ1) is 23.5. The minimum absolute atomic E-state index is 0.183. The second-order valence-electron chi connectivity index (χ2n) is 7.33. The van der Waals surface area contributed by atoms with Crippen LogP contribution in [0.15, 0.2) is 88.2 Å². The first-order valence-electron chi connectivity index (χ1n) is 10.2. The number of aryl methyl sites for hydroxylation is 1. The van der Waals surface area contributed by atoms with Crippen molar-refractivity contribution in [1.82, 2.24) is 9.97 Å². The summed E-state index contributed by atoms with van der Waals surface area (Å²) in [6.07, 6.45) is 0. The molecule has 0 unspecified atom stereocenters. The van der Waals surface area contributed by atoms with Gasteiger partial charge in [0.2, 0.25) is 5.95 Å². The summed E-state index contributed by atoms with van der Waals surface area (Å²) in [5, 5.41) is 6.40. The molecule has 0 spiro atoms. The highest BCUT2D eigenvalue weighted by Gasteiger charge is 2.14. The van der Waals surface area contributed by atoms with E-state index >= 15 is 0 Å². The Morgan fingerprint density at radius 2 is 1.38 bits per heavy atom. The van der Waals surface area contributed by atoms with Gasteiger partial charge in [0.15, 0.2) is 0 Å². The third-order valence-corrected chi connectivity index (χ3v) is 6.66. The number of sulfonamides is 1. The molecule has 0 atom stereocenters. The van der Waals surface area contributed by atoms with Crippen LogP contribution in [0, 0.1) is 6.92 Å². The highest BCUT2D eigenvalue weighted by molar-refractivity contribution is 9.10. The number of benzene rings is 3. The summed E-state index contributed by atoms with van der Waals surface area (Å²) in [5.41, 5.74) is 2.81. The van der Waals surface area contributed by atoms with E-state index in [1.807, 2.05) is 37.3 Å². The number of halogens is 1. The summed E-state index contributed by atoms with van der Waals surface area (Å²) < 4.78 is 33.7. The summed E-state index contributed by atoms with van der Waals surface area (Å²) in [6.45, 7) is 1.88. The van der Waals surface area contributed by atoms with Gasteiger partial charge in [0, 0.05) is 33.3 Å². The van der Waals surface area contributed by atoms with Gasteiger partial charge in [0.25, 0.3) is 10.0 Å². The van der Waals surface area contributed by atoms with Crippen LogP contribution in [0.4, 0.5) is 28.8 Å². The highest BCUT2D eigenvalue weighted by Crippen LogP contribution is 2.23. The van der Waals surface area contributed by atoms with Gasteiger partial charge in [-0.15, -0.1) is 0 Å². The normalized spacial score (nSPS) is 11.0. The number of hydrogen-bond donors (Lipinski definition) is 3. The zero-order chi connectivity index (χ0) is 24.1. The number of hydrogen-bond acceptors (Lipinski definition) is 7. The Kier molecular flexibility index (Phi) is 6.99. The molecule has 8 nitrogen and oxygen atoms in total. The van der Waals surface area contributed by atoms with Crippen LogP contribution in [-0.2, 0) is 10.0 Å². The van der Waals surface area contributed by atoms with Gasteiger partial charge in [0.05, 0.1) is 12.0 Å². The monoisotopic (exact) mass is 539 g/mol. The van der Waals surface area contributed by atoms with Crippen molar-refractivity contribution in [2.45, 2.75) is 11.8 Å². The fraction of sp³-hybridized carbons (Fsp3) is 0.0833. The van der Waals surface area contributed by atoms with Gasteiger partial charge in [-0.05, 0) is 79.7 Å². The van der Waals surface area contributed by atoms with Crippen molar-refractivity contribution in [2.24, 2.45) is 0 Å². The molecule has 0 aliphatic heterocycles. The Morgan fingerprint density at radius 1 is 0.794 bits per heavy atom. The van der Waals surface area contributed by atoms with Crippen molar-refractivity contribution in [3.05, 3.63) is 89.0 Å². The molecule has 0 amide bonds. The van der Waals surface area contributed by atoms with Crippen molar-refractivity contribution in [2.75, 3.05) is 22.5 Å². The summed E-state index contributed by atoms with van der Waals surface area (Å²) in [7, 11) is -2.06. The Morgan fingerprint density at radius 3 is 2.03 bits per heavy atom. The van der Waals surface area contributed by atoms with E-state index in [4.69, 9.17) is 4.74 Å². The van der Waals surface area contributed by atoms with E-state index in [2.05, 4.69) is 41.3 Å². The molecule has 3 N–H and O–H groups in total. The average Bonchev–Trinajstić information content (AvgIpc) is 2.81. The van der Waals surface area contributed by atoms with Crippen LogP contribution < -0.4 is 20.1 Å². The molecule has 34 heavy (non-hydrogen) atoms. The summed E-state index contributed by atoms with van der Waals surface area (Å²) in [4.78, 5) is 9.13. The van der Waals surface area contributed by atoms with Gasteiger partial charge in [0.1, 0.15) is 11.6 Å². The van der Waals surface area contributed by atoms with Gasteiger partial charge in [-0.1, -0.05) is 15.9 Å². The van der Waals surface area contributed by atoms with E-state index in [1.165, 1.54) is 12.1 Å². The van der Waals surface area contributed by atoms with Crippen LogP contribution in [0.1, 0.15) is 5.69 Å². The maximum absolute atomic E-state index is 12.6. The van der Waals surface area contributed by atoms with Gasteiger partial charge < -0.3 is 15.4 Å². The summed E-state index contributed by atoms with van der Waals surface area (Å²) >= 11 is 3.30. The largest absolute Gasteiger partial charge is 0.497 e. The first-order valence-corrected chi connectivity index (χ1v) is 12.5. The summed E-state index contributed by atoms with van der Waals surface area (Å²) in [5.74, 6) is 1.83. The number of ether oxygens (including phenoxy) is 1. The smallest absolute Gasteiger partial charge is 0.261 e. The Labute approximate surface area is 206 Å². The minimum atomic E-state index is -3.68. The minimum Gasteiger partial charge on any atom is -0.497 e. The lowest BCUT2D eigenvalue weighted by atomic mass is 10.3. The molecule has 3 aromatic carbocycles. The fourth-order valence-corrected chi connectivity index (χ4v) is 4.41. The van der Waals surface area contributed by atoms with Crippen LogP contribution in [0.2, 0.25) is 0 Å². The molecule has 0 saturated heterocycles. The molecule has 1 heterocycles. The molecule has 0 aliphatic carbocycles. The Bertz CT molecular complexity index is 1380. The molecule has 4 rings (SSSR count). The van der Waals surface area contributed by atoms with Crippen molar-refractivity contribution in [1.29, 1.82) is 0 Å². The molecular formula is C24H22BrN5O3S. The van der Waals surface area contributed by atoms with Crippen molar-refractivity contribution in [3.63, 3.8) is 0 Å². The van der Waals surface area contributed by atoms with Crippen LogP contribution in [-0.4, -0.2) is 25.5 Å². The van der Waals surface area contributed by atoms with Crippen LogP contribution >= 0.6 is 15.9 Å². The van der Waals surface area contributed by atoms with Crippen molar-refractivity contribution >= 4 is 54.8 Å². The Balaban J connectivity index is 1.45. The number of aromatic nitrogens is 2. The third-order valence-electron chi connectivity index (χ3n) is 4.73. The molecule has 10 heteroatoms. The second kappa shape index (κ2) is 10.1. The van der Waals surface area contributed by atoms with Crippen LogP contribution in [0.5, 0.6) is 5.75 Å². The van der Waals surface area contributed by atoms with Crippen molar-refractivity contribution in [3.8, 4) is 5.75 Å². The molecule has 1 aromatic heterocycles. The number of nitrogens with zero attached hydrogens (tertiary/aromatic N) is 2. The van der Waals surface area contributed by atoms with Crippen molar-refractivity contribution < 1.29 is 13.2 Å². The standard InChI is InChI=1S/C24H22BrN5O3S/c1-16-15-23(27-18-9-11-21(33-2)12-10-18)29-24(26-16)28-19-5-7-20(8-6-19)30-34(31,32)22-13-3-17(25)4-14-22/h3-15,30H,1-2H3,(H2,26,27,28,29). The first-order chi connectivity index (χ1) is 16.3. The van der Waals surface area contributed by atoms with Gasteiger partial charge in [-0.3, -0.25) is 4.72 Å².